The summed E-state index contributed by atoms with van der Waals surface area (Å²) >= 11 is 0. The lowest BCUT2D eigenvalue weighted by Gasteiger charge is -2.43. The van der Waals surface area contributed by atoms with Crippen molar-refractivity contribution >= 4 is 74.4 Å². The van der Waals surface area contributed by atoms with Crippen molar-refractivity contribution < 1.29 is 65.3 Å². The Balaban J connectivity index is 2.31. The summed E-state index contributed by atoms with van der Waals surface area (Å²) in [5.41, 5.74) is 4.76. The first-order valence-electron chi connectivity index (χ1n) is 12.5. The van der Waals surface area contributed by atoms with Gasteiger partial charge < -0.3 is 34.5 Å². The van der Waals surface area contributed by atoms with Gasteiger partial charge in [0.15, 0.2) is 0 Å². The molecule has 1 aromatic rings. The second kappa shape index (κ2) is 15.5. The number of aromatic nitrogens is 2. The van der Waals surface area contributed by atoms with Crippen LogP contribution in [-0.2, 0) is 41.8 Å². The SMILES string of the molecule is [B]C1=Nc2c([B])nc(N)nc2C1C(CF)O[C@@](F)(CO)C([B])([B])OP(=O)(OCOC(=O)OC(C)C)OCOC(=O)OC(C)C. The molecule has 0 aromatic carbocycles. The minimum absolute atomic E-state index is 0.0986. The van der Waals surface area contributed by atoms with E-state index in [0.29, 0.717) is 0 Å². The number of phosphoric ester groups is 1. The molecule has 1 aliphatic rings. The Morgan fingerprint density at radius 1 is 1.05 bits per heavy atom. The average molecular weight is 640 g/mol. The molecule has 0 fully saturated rings. The Labute approximate surface area is 256 Å². The van der Waals surface area contributed by atoms with E-state index in [1.54, 1.807) is 0 Å². The quantitative estimate of drug-likeness (QED) is 0.108. The summed E-state index contributed by atoms with van der Waals surface area (Å²) in [4.78, 5) is 34.8. The maximum absolute atomic E-state index is 16.1. The molecule has 3 N–H and O–H groups in total. The van der Waals surface area contributed by atoms with E-state index in [0.717, 1.165) is 0 Å². The number of phosphoric acid groups is 1. The Kier molecular flexibility index (Phi) is 13.2. The number of anilines is 1. The van der Waals surface area contributed by atoms with E-state index in [1.165, 1.54) is 27.7 Å². The van der Waals surface area contributed by atoms with E-state index >= 15 is 4.39 Å². The van der Waals surface area contributed by atoms with Crippen LogP contribution < -0.4 is 11.3 Å². The molecule has 234 valence electrons. The highest BCUT2D eigenvalue weighted by atomic mass is 31.2. The van der Waals surface area contributed by atoms with Crippen molar-refractivity contribution in [1.82, 2.24) is 9.97 Å². The normalized spacial score (nSPS) is 17.0. The van der Waals surface area contributed by atoms with Crippen molar-refractivity contribution in [3.05, 3.63) is 5.69 Å². The molecule has 2 unspecified atom stereocenters. The molecular weight excluding hydrogens is 612 g/mol. The first-order chi connectivity index (χ1) is 20.4. The average Bonchev–Trinajstić information content (AvgIpc) is 3.21. The van der Waals surface area contributed by atoms with Crippen LogP contribution in [0, 0.1) is 0 Å². The molecule has 0 spiro atoms. The monoisotopic (exact) mass is 640 g/mol. The summed E-state index contributed by atoms with van der Waals surface area (Å²) in [5, 5.41) is 6.37. The van der Waals surface area contributed by atoms with Crippen molar-refractivity contribution in [3.8, 4) is 0 Å². The van der Waals surface area contributed by atoms with Gasteiger partial charge in [-0.2, -0.15) is 0 Å². The molecule has 3 atom stereocenters. The first kappa shape index (κ1) is 37.4. The van der Waals surface area contributed by atoms with Gasteiger partial charge in [-0.3, -0.25) is 9.52 Å². The second-order valence-corrected chi connectivity index (χ2v) is 11.0. The van der Waals surface area contributed by atoms with Gasteiger partial charge >= 0.3 is 20.1 Å². The Bertz CT molecular complexity index is 1240. The third kappa shape index (κ3) is 9.87. The molecule has 2 rings (SSSR count). The third-order valence-electron chi connectivity index (χ3n) is 5.16. The van der Waals surface area contributed by atoms with Crippen LogP contribution in [0.25, 0.3) is 0 Å². The number of nitrogen functional groups attached to an aromatic ring is 1. The summed E-state index contributed by atoms with van der Waals surface area (Å²) in [6.07, 6.45) is -5.80. The summed E-state index contributed by atoms with van der Waals surface area (Å²) < 4.78 is 81.8. The number of fused-ring (bicyclic) bond motifs is 1. The number of ether oxygens (including phenoxy) is 5. The van der Waals surface area contributed by atoms with Gasteiger partial charge in [-0.15, -0.1) is 0 Å². The van der Waals surface area contributed by atoms with E-state index in [9.17, 15) is 23.7 Å². The lowest BCUT2D eigenvalue weighted by Crippen LogP contribution is -2.60. The summed E-state index contributed by atoms with van der Waals surface area (Å²) in [6, 6.07) is 0. The number of rotatable bonds is 16. The topological polar surface area (TPSA) is 209 Å². The van der Waals surface area contributed by atoms with Crippen LogP contribution in [0.3, 0.4) is 0 Å². The van der Waals surface area contributed by atoms with Crippen molar-refractivity contribution in [2.75, 3.05) is 32.6 Å². The highest BCUT2D eigenvalue weighted by molar-refractivity contribution is 7.48. The van der Waals surface area contributed by atoms with Gasteiger partial charge in [-0.05, 0) is 33.3 Å². The number of carbonyl (C=O) groups excluding carboxylic acids is 2. The Hall–Kier alpha value is -2.76. The van der Waals surface area contributed by atoms with Gasteiger partial charge in [-0.25, -0.2) is 42.0 Å². The fourth-order valence-electron chi connectivity index (χ4n) is 3.30. The molecule has 1 aromatic heterocycles. The number of aliphatic hydroxyl groups is 1. The number of halogens is 2. The number of carbonyl (C=O) groups is 2. The van der Waals surface area contributed by atoms with Crippen molar-refractivity contribution in [2.45, 2.75) is 63.2 Å². The smallest absolute Gasteiger partial charge is 0.432 e. The van der Waals surface area contributed by atoms with Crippen LogP contribution in [0.4, 0.5) is 30.0 Å². The fraction of sp³-hybridized carbons (Fsp3) is 0.667. The molecule has 0 bridgehead atoms. The van der Waals surface area contributed by atoms with Crippen LogP contribution in [0.1, 0.15) is 39.3 Å². The Morgan fingerprint density at radius 2 is 1.57 bits per heavy atom. The van der Waals surface area contributed by atoms with Crippen LogP contribution in [0.15, 0.2) is 4.99 Å². The minimum atomic E-state index is -5.33. The van der Waals surface area contributed by atoms with Gasteiger partial charge in [0.05, 0.1) is 34.9 Å². The van der Waals surface area contributed by atoms with Crippen molar-refractivity contribution in [2.24, 2.45) is 4.99 Å². The second-order valence-electron chi connectivity index (χ2n) is 9.36. The van der Waals surface area contributed by atoms with Crippen LogP contribution in [0.5, 0.6) is 0 Å². The van der Waals surface area contributed by atoms with Gasteiger partial charge in [-0.1, -0.05) is 0 Å². The summed E-state index contributed by atoms with van der Waals surface area (Å²) in [6.45, 7) is 0.238. The zero-order valence-electron chi connectivity index (χ0n) is 24.0. The van der Waals surface area contributed by atoms with Crippen molar-refractivity contribution in [1.29, 1.82) is 0 Å². The highest BCUT2D eigenvalue weighted by Crippen LogP contribution is 2.54. The number of aliphatic imine (C=N–C) groups is 1. The number of aliphatic hydroxyl groups excluding tert-OH is 1. The van der Waals surface area contributed by atoms with E-state index in [-0.39, 0.29) is 28.5 Å². The van der Waals surface area contributed by atoms with E-state index in [4.69, 9.17) is 64.9 Å². The molecule has 8 radical (unpaired) electrons. The molecule has 0 amide bonds. The number of alkyl halides is 2. The van der Waals surface area contributed by atoms with Crippen molar-refractivity contribution in [3.63, 3.8) is 0 Å². The lowest BCUT2D eigenvalue weighted by atomic mass is 9.60. The van der Waals surface area contributed by atoms with Gasteiger partial charge in [0, 0.05) is 5.59 Å². The molecule has 44 heavy (non-hydrogen) atoms. The molecule has 2 heterocycles. The molecule has 23 heteroatoms. The molecule has 0 saturated heterocycles. The fourth-order valence-corrected chi connectivity index (χ4v) is 4.35. The maximum Gasteiger partial charge on any atom is 0.510 e. The van der Waals surface area contributed by atoms with Gasteiger partial charge in [0.1, 0.15) is 50.8 Å². The zero-order chi connectivity index (χ0) is 33.5. The number of hydrogen-bond donors (Lipinski definition) is 2. The number of nitrogens with zero attached hydrogens (tertiary/aromatic N) is 3. The number of nitrogens with two attached hydrogens (primary N) is 1. The van der Waals surface area contributed by atoms with Crippen LogP contribution >= 0.6 is 7.82 Å². The molecule has 16 nitrogen and oxygen atoms in total. The number of hydrogen-bond acceptors (Lipinski definition) is 16. The van der Waals surface area contributed by atoms with Gasteiger partial charge in [0.25, 0.3) is 0 Å². The highest BCUT2D eigenvalue weighted by Gasteiger charge is 2.54. The Morgan fingerprint density at radius 3 is 2.02 bits per heavy atom. The lowest BCUT2D eigenvalue weighted by molar-refractivity contribution is -0.243. The van der Waals surface area contributed by atoms with Crippen LogP contribution in [0.2, 0.25) is 0 Å². The molecular formula is C21H27B4F2N4O12P. The predicted octanol–water partition coefficient (Wildman–Crippen LogP) is 0.348. The molecule has 0 saturated carbocycles. The standard InChI is InChI=1S/C21H27B4F2N4O12P/c1-9(2)40-18(33)36-7-38-44(35,39-8-37-19(34)41-10(3)4)43-21(24,25)20(27,6-32)42-11(5-26)12-13-14(29-15(12)22)16(23)31-17(28)30-13/h9-12,32H,5-8H2,1-4H3,(H2,28,30,31)/t11?,12?,20-/m0/s1. The van der Waals surface area contributed by atoms with E-state index < -0.39 is 82.5 Å². The minimum Gasteiger partial charge on any atom is -0.432 e. The van der Waals surface area contributed by atoms with E-state index in [1.807, 2.05) is 0 Å². The van der Waals surface area contributed by atoms with Crippen LogP contribution in [-0.4, -0.2) is 121 Å². The maximum atomic E-state index is 16.1. The largest absolute Gasteiger partial charge is 0.510 e. The predicted molar refractivity (Wildman–Crippen MR) is 149 cm³/mol. The molecule has 0 aliphatic carbocycles. The zero-order valence-corrected chi connectivity index (χ0v) is 24.9. The van der Waals surface area contributed by atoms with Gasteiger partial charge in [0.2, 0.25) is 25.4 Å². The molecule has 1 aliphatic heterocycles. The third-order valence-corrected chi connectivity index (χ3v) is 6.53. The van der Waals surface area contributed by atoms with E-state index in [2.05, 4.69) is 24.4 Å². The summed E-state index contributed by atoms with van der Waals surface area (Å²) in [7, 11) is 17.7. The first-order valence-corrected chi connectivity index (χ1v) is 14.0. The summed E-state index contributed by atoms with van der Waals surface area (Å²) in [5.74, 6) is -5.64.